The van der Waals surface area contributed by atoms with Crippen molar-refractivity contribution in [3.05, 3.63) is 71.3 Å². The molecule has 0 aliphatic rings. The molecule has 2 aromatic carbocycles. The molecular weight excluding hydrogens is 466 g/mol. The second kappa shape index (κ2) is 13.1. The highest BCUT2D eigenvalue weighted by molar-refractivity contribution is 5.99. The fourth-order valence-corrected chi connectivity index (χ4v) is 4.02. The third-order valence-electron chi connectivity index (χ3n) is 5.89. The van der Waals surface area contributed by atoms with Crippen LogP contribution in [-0.4, -0.2) is 41.0 Å². The first-order valence-electron chi connectivity index (χ1n) is 12.8. The van der Waals surface area contributed by atoms with Crippen LogP contribution in [0.2, 0.25) is 0 Å². The maximum absolute atomic E-state index is 13.9. The molecule has 0 heterocycles. The molecule has 0 saturated carbocycles. The van der Waals surface area contributed by atoms with E-state index >= 15 is 0 Å². The molecule has 2 atom stereocenters. The summed E-state index contributed by atoms with van der Waals surface area (Å²) in [5.41, 5.74) is 3.38. The number of carbonyl (C=O) groups is 3. The number of benzene rings is 2. The molecular formula is C30H41N3O4. The number of para-hydroxylation sites is 1. The molecule has 0 bridgehead atoms. The van der Waals surface area contributed by atoms with Crippen molar-refractivity contribution in [2.75, 3.05) is 11.9 Å². The number of rotatable bonds is 10. The highest BCUT2D eigenvalue weighted by atomic mass is 16.6. The Morgan fingerprint density at radius 3 is 2.27 bits per heavy atom. The lowest BCUT2D eigenvalue weighted by molar-refractivity contribution is -0.140. The van der Waals surface area contributed by atoms with Crippen molar-refractivity contribution in [1.82, 2.24) is 10.2 Å². The number of alkyl carbamates (subject to hydrolysis) is 1. The van der Waals surface area contributed by atoms with E-state index in [1.54, 1.807) is 38.7 Å². The van der Waals surface area contributed by atoms with Crippen LogP contribution in [0.3, 0.4) is 0 Å². The zero-order valence-electron chi connectivity index (χ0n) is 23.2. The fraction of sp³-hybridized carbons (Fsp3) is 0.433. The lowest BCUT2D eigenvalue weighted by Gasteiger charge is -2.34. The van der Waals surface area contributed by atoms with Crippen LogP contribution in [0.15, 0.2) is 49.0 Å². The lowest BCUT2D eigenvalue weighted by atomic mass is 9.99. The molecule has 0 aromatic heterocycles. The summed E-state index contributed by atoms with van der Waals surface area (Å²) in [4.78, 5) is 41.6. The molecule has 0 saturated heterocycles. The van der Waals surface area contributed by atoms with Gasteiger partial charge in [0.15, 0.2) is 0 Å². The number of ether oxygens (including phenoxy) is 1. The van der Waals surface area contributed by atoms with Crippen molar-refractivity contribution in [2.24, 2.45) is 0 Å². The lowest BCUT2D eigenvalue weighted by Crippen LogP contribution is -2.51. The predicted molar refractivity (Wildman–Crippen MR) is 149 cm³/mol. The van der Waals surface area contributed by atoms with Crippen molar-refractivity contribution in [1.29, 1.82) is 0 Å². The SMILES string of the molecule is C=Cc1cccc(C(C(=O)Nc2c(C)cccc2C)N(CCCC)C(=O)C(C)NC(=O)OC(C)(C)C)c1. The number of hydrogen-bond donors (Lipinski definition) is 2. The number of nitrogens with zero attached hydrogens (tertiary/aromatic N) is 1. The summed E-state index contributed by atoms with van der Waals surface area (Å²) in [6.45, 7) is 17.0. The molecule has 7 heteroatoms. The van der Waals surface area contributed by atoms with E-state index in [1.165, 1.54) is 0 Å². The highest BCUT2D eigenvalue weighted by Crippen LogP contribution is 2.28. The first kappa shape index (κ1) is 29.6. The summed E-state index contributed by atoms with van der Waals surface area (Å²) < 4.78 is 5.34. The number of nitrogens with one attached hydrogen (secondary N) is 2. The number of amides is 3. The van der Waals surface area contributed by atoms with Gasteiger partial charge in [-0.2, -0.15) is 0 Å². The van der Waals surface area contributed by atoms with Gasteiger partial charge >= 0.3 is 6.09 Å². The third-order valence-corrected chi connectivity index (χ3v) is 5.89. The van der Waals surface area contributed by atoms with E-state index in [4.69, 9.17) is 4.74 Å². The van der Waals surface area contributed by atoms with Crippen LogP contribution in [0.1, 0.15) is 75.8 Å². The van der Waals surface area contributed by atoms with Gasteiger partial charge in [-0.3, -0.25) is 9.59 Å². The van der Waals surface area contributed by atoms with E-state index in [9.17, 15) is 14.4 Å². The molecule has 37 heavy (non-hydrogen) atoms. The molecule has 0 fully saturated rings. The normalized spacial score (nSPS) is 12.7. The van der Waals surface area contributed by atoms with Crippen molar-refractivity contribution in [3.8, 4) is 0 Å². The van der Waals surface area contributed by atoms with Gasteiger partial charge in [-0.25, -0.2) is 4.79 Å². The largest absolute Gasteiger partial charge is 0.444 e. The van der Waals surface area contributed by atoms with Crippen molar-refractivity contribution < 1.29 is 19.1 Å². The van der Waals surface area contributed by atoms with Gasteiger partial charge in [0.05, 0.1) is 0 Å². The van der Waals surface area contributed by atoms with Crippen LogP contribution < -0.4 is 10.6 Å². The molecule has 2 unspecified atom stereocenters. The van der Waals surface area contributed by atoms with Crippen molar-refractivity contribution in [3.63, 3.8) is 0 Å². The average molecular weight is 508 g/mol. The second-order valence-corrected chi connectivity index (χ2v) is 10.3. The summed E-state index contributed by atoms with van der Waals surface area (Å²) >= 11 is 0. The molecule has 2 aromatic rings. The highest BCUT2D eigenvalue weighted by Gasteiger charge is 2.35. The maximum atomic E-state index is 13.9. The summed E-state index contributed by atoms with van der Waals surface area (Å²) in [6.07, 6.45) is 2.54. The number of unbranched alkanes of at least 4 members (excludes halogenated alkanes) is 1. The molecule has 2 rings (SSSR count). The summed E-state index contributed by atoms with van der Waals surface area (Å²) in [7, 11) is 0. The predicted octanol–water partition coefficient (Wildman–Crippen LogP) is 6.17. The summed E-state index contributed by atoms with van der Waals surface area (Å²) in [5, 5.41) is 5.70. The zero-order chi connectivity index (χ0) is 27.8. The Hall–Kier alpha value is -3.61. The van der Waals surface area contributed by atoms with Crippen molar-refractivity contribution in [2.45, 2.75) is 79.0 Å². The topological polar surface area (TPSA) is 87.7 Å². The molecule has 3 amide bonds. The van der Waals surface area contributed by atoms with E-state index < -0.39 is 23.8 Å². The summed E-state index contributed by atoms with van der Waals surface area (Å²) in [6, 6.07) is 11.4. The van der Waals surface area contributed by atoms with Crippen LogP contribution in [0.25, 0.3) is 6.08 Å². The number of anilines is 1. The maximum Gasteiger partial charge on any atom is 0.408 e. The molecule has 0 spiro atoms. The van der Waals surface area contributed by atoms with Gasteiger partial charge in [0.25, 0.3) is 5.91 Å². The molecule has 200 valence electrons. The Balaban J connectivity index is 2.50. The van der Waals surface area contributed by atoms with Crippen LogP contribution in [0.4, 0.5) is 10.5 Å². The molecule has 0 radical (unpaired) electrons. The number of aryl methyl sites for hydroxylation is 2. The van der Waals surface area contributed by atoms with Gasteiger partial charge < -0.3 is 20.3 Å². The van der Waals surface area contributed by atoms with Crippen LogP contribution in [0, 0.1) is 13.8 Å². The van der Waals surface area contributed by atoms with E-state index in [1.807, 2.05) is 63.2 Å². The van der Waals surface area contributed by atoms with Crippen LogP contribution in [-0.2, 0) is 14.3 Å². The Bertz CT molecular complexity index is 1100. The minimum atomic E-state index is -0.916. The standard InChI is InChI=1S/C30H41N3O4/c1-9-11-18-33(28(35)22(5)31-29(36)37-30(6,7)8)26(24-17-13-16-23(10-2)19-24)27(34)32-25-20(3)14-12-15-21(25)4/h10,12-17,19,22,26H,2,9,11,18H2,1,3-8H3,(H,31,36)(H,32,34). The first-order chi connectivity index (χ1) is 17.4. The van der Waals surface area contributed by atoms with Gasteiger partial charge in [0.1, 0.15) is 17.7 Å². The number of hydrogen-bond acceptors (Lipinski definition) is 4. The van der Waals surface area contributed by atoms with Gasteiger partial charge in [-0.15, -0.1) is 0 Å². The quantitative estimate of drug-likeness (QED) is 0.403. The molecule has 7 nitrogen and oxygen atoms in total. The van der Waals surface area contributed by atoms with E-state index in [0.717, 1.165) is 28.8 Å². The van der Waals surface area contributed by atoms with Gasteiger partial charge in [0.2, 0.25) is 5.91 Å². The van der Waals surface area contributed by atoms with Gasteiger partial charge in [0, 0.05) is 12.2 Å². The Kier molecular flexibility index (Phi) is 10.5. The summed E-state index contributed by atoms with van der Waals surface area (Å²) in [5.74, 6) is -0.697. The Labute approximate surface area is 221 Å². The monoisotopic (exact) mass is 507 g/mol. The molecule has 2 N–H and O–H groups in total. The minimum Gasteiger partial charge on any atom is -0.444 e. The fourth-order valence-electron chi connectivity index (χ4n) is 4.02. The van der Waals surface area contributed by atoms with Gasteiger partial charge in [-0.05, 0) is 76.3 Å². The molecule has 0 aliphatic carbocycles. The molecule has 0 aliphatic heterocycles. The zero-order valence-corrected chi connectivity index (χ0v) is 23.2. The van der Waals surface area contributed by atoms with E-state index in [2.05, 4.69) is 17.2 Å². The minimum absolute atomic E-state index is 0.326. The van der Waals surface area contributed by atoms with Crippen molar-refractivity contribution >= 4 is 29.7 Å². The van der Waals surface area contributed by atoms with E-state index in [0.29, 0.717) is 18.5 Å². The smallest absolute Gasteiger partial charge is 0.408 e. The van der Waals surface area contributed by atoms with Crippen LogP contribution >= 0.6 is 0 Å². The first-order valence-corrected chi connectivity index (χ1v) is 12.8. The van der Waals surface area contributed by atoms with Crippen LogP contribution in [0.5, 0.6) is 0 Å². The third kappa shape index (κ3) is 8.48. The number of carbonyl (C=O) groups excluding carboxylic acids is 3. The Morgan fingerprint density at radius 1 is 1.08 bits per heavy atom. The average Bonchev–Trinajstić information content (AvgIpc) is 2.82. The second-order valence-electron chi connectivity index (χ2n) is 10.3. The Morgan fingerprint density at radius 2 is 1.70 bits per heavy atom. The van der Waals surface area contributed by atoms with E-state index in [-0.39, 0.29) is 11.8 Å². The van der Waals surface area contributed by atoms with Gasteiger partial charge in [-0.1, -0.05) is 62.4 Å².